The lowest BCUT2D eigenvalue weighted by molar-refractivity contribution is 0.616. The number of hydrogen-bond donors (Lipinski definition) is 0. The lowest BCUT2D eigenvalue weighted by Gasteiger charge is -2.09. The number of nitrogens with zero attached hydrogens (tertiary/aromatic N) is 1. The van der Waals surface area contributed by atoms with Crippen molar-refractivity contribution in [1.29, 1.82) is 0 Å². The molecule has 6 rings (SSSR count). The maximum Gasteiger partial charge on any atom is 0.134 e. The van der Waals surface area contributed by atoms with Crippen molar-refractivity contribution in [2.24, 2.45) is 0 Å². The number of benzene rings is 4. The number of fused-ring (bicyclic) bond motifs is 4. The molecule has 2 heteroatoms. The number of para-hydroxylation sites is 1. The molecule has 0 radical (unpaired) electrons. The van der Waals surface area contributed by atoms with Gasteiger partial charge in [-0.15, -0.1) is 0 Å². The van der Waals surface area contributed by atoms with Crippen LogP contribution in [0.4, 0.5) is 0 Å². The van der Waals surface area contributed by atoms with Crippen molar-refractivity contribution in [2.45, 2.75) is 0 Å². The van der Waals surface area contributed by atoms with Gasteiger partial charge in [0.2, 0.25) is 0 Å². The van der Waals surface area contributed by atoms with Crippen molar-refractivity contribution in [3.8, 4) is 16.8 Å². The second-order valence-corrected chi connectivity index (χ2v) is 7.09. The first kappa shape index (κ1) is 15.3. The number of furan rings is 1. The topological polar surface area (TPSA) is 18.1 Å². The highest BCUT2D eigenvalue weighted by molar-refractivity contribution is 6.12. The SMILES string of the molecule is c1ccc(-c2ccc(-n3c4ccccc4c4cc5occc5cc43)cc2)cc1. The molecule has 2 heterocycles. The summed E-state index contributed by atoms with van der Waals surface area (Å²) >= 11 is 0. The summed E-state index contributed by atoms with van der Waals surface area (Å²) in [4.78, 5) is 0. The van der Waals surface area contributed by atoms with Gasteiger partial charge in [-0.2, -0.15) is 0 Å². The van der Waals surface area contributed by atoms with Crippen molar-refractivity contribution in [3.63, 3.8) is 0 Å². The van der Waals surface area contributed by atoms with E-state index in [4.69, 9.17) is 4.42 Å². The predicted molar refractivity (Wildman–Crippen MR) is 116 cm³/mol. The Balaban J connectivity index is 1.62. The number of hydrogen-bond acceptors (Lipinski definition) is 1. The minimum atomic E-state index is 0.926. The smallest absolute Gasteiger partial charge is 0.134 e. The maximum atomic E-state index is 5.65. The quantitative estimate of drug-likeness (QED) is 0.320. The predicted octanol–water partition coefficient (Wildman–Crippen LogP) is 7.20. The van der Waals surface area contributed by atoms with Crippen LogP contribution in [0, 0.1) is 0 Å². The Kier molecular flexibility index (Phi) is 3.20. The van der Waals surface area contributed by atoms with Crippen LogP contribution >= 0.6 is 0 Å². The molecule has 2 nitrogen and oxygen atoms in total. The third kappa shape index (κ3) is 2.21. The maximum absolute atomic E-state index is 5.65. The molecule has 0 atom stereocenters. The molecule has 0 saturated heterocycles. The molecule has 0 aliphatic rings. The van der Waals surface area contributed by atoms with E-state index in [-0.39, 0.29) is 0 Å². The highest BCUT2D eigenvalue weighted by Gasteiger charge is 2.14. The van der Waals surface area contributed by atoms with Crippen LogP contribution in [0.25, 0.3) is 49.6 Å². The molecule has 28 heavy (non-hydrogen) atoms. The van der Waals surface area contributed by atoms with Crippen LogP contribution in [-0.2, 0) is 0 Å². The van der Waals surface area contributed by atoms with Gasteiger partial charge in [0, 0.05) is 21.8 Å². The Hall–Kier alpha value is -3.78. The third-order valence-corrected chi connectivity index (χ3v) is 5.48. The van der Waals surface area contributed by atoms with E-state index in [1.165, 1.54) is 32.9 Å². The van der Waals surface area contributed by atoms with Gasteiger partial charge in [-0.3, -0.25) is 0 Å². The van der Waals surface area contributed by atoms with Crippen LogP contribution in [0.3, 0.4) is 0 Å². The minimum Gasteiger partial charge on any atom is -0.464 e. The summed E-state index contributed by atoms with van der Waals surface area (Å²) in [6, 6.07) is 34.2. The zero-order chi connectivity index (χ0) is 18.5. The Bertz CT molecular complexity index is 1440. The average Bonchev–Trinajstić information content (AvgIpc) is 3.35. The summed E-state index contributed by atoms with van der Waals surface area (Å²) < 4.78 is 7.98. The first-order chi connectivity index (χ1) is 13.9. The molecule has 0 N–H and O–H groups in total. The first-order valence-corrected chi connectivity index (χ1v) is 9.45. The molecule has 0 aliphatic carbocycles. The molecule has 0 fully saturated rings. The van der Waals surface area contributed by atoms with Gasteiger partial charge in [0.05, 0.1) is 17.3 Å². The van der Waals surface area contributed by atoms with E-state index in [1.54, 1.807) is 6.26 Å². The highest BCUT2D eigenvalue weighted by Crippen LogP contribution is 2.35. The second-order valence-electron chi connectivity index (χ2n) is 7.09. The number of rotatable bonds is 2. The van der Waals surface area contributed by atoms with Gasteiger partial charge in [-0.05, 0) is 47.5 Å². The molecule has 2 aromatic heterocycles. The van der Waals surface area contributed by atoms with E-state index < -0.39 is 0 Å². The summed E-state index contributed by atoms with van der Waals surface area (Å²) in [6.07, 6.45) is 1.75. The molecule has 132 valence electrons. The minimum absolute atomic E-state index is 0.926. The zero-order valence-corrected chi connectivity index (χ0v) is 15.2. The molecule has 0 amide bonds. The Morgan fingerprint density at radius 2 is 1.32 bits per heavy atom. The first-order valence-electron chi connectivity index (χ1n) is 9.45. The van der Waals surface area contributed by atoms with E-state index in [1.807, 2.05) is 12.1 Å². The molecule has 0 aliphatic heterocycles. The summed E-state index contributed by atoms with van der Waals surface area (Å²) in [7, 11) is 0. The van der Waals surface area contributed by atoms with Crippen molar-refractivity contribution < 1.29 is 4.42 Å². The lowest BCUT2D eigenvalue weighted by atomic mass is 10.1. The highest BCUT2D eigenvalue weighted by atomic mass is 16.3. The number of aromatic nitrogens is 1. The summed E-state index contributed by atoms with van der Waals surface area (Å²) in [5.41, 5.74) is 6.95. The Morgan fingerprint density at radius 1 is 0.571 bits per heavy atom. The lowest BCUT2D eigenvalue weighted by Crippen LogP contribution is -1.93. The van der Waals surface area contributed by atoms with Gasteiger partial charge in [0.15, 0.2) is 0 Å². The van der Waals surface area contributed by atoms with Crippen molar-refractivity contribution >= 4 is 32.8 Å². The van der Waals surface area contributed by atoms with Crippen molar-refractivity contribution in [3.05, 3.63) is 103 Å². The second kappa shape index (κ2) is 5.86. The zero-order valence-electron chi connectivity index (χ0n) is 15.2. The largest absolute Gasteiger partial charge is 0.464 e. The van der Waals surface area contributed by atoms with Gasteiger partial charge in [-0.1, -0.05) is 60.7 Å². The van der Waals surface area contributed by atoms with Crippen LogP contribution in [0.2, 0.25) is 0 Å². The fourth-order valence-corrected chi connectivity index (χ4v) is 4.14. The van der Waals surface area contributed by atoms with Crippen LogP contribution in [0.1, 0.15) is 0 Å². The molecular formula is C26H17NO. The van der Waals surface area contributed by atoms with E-state index in [0.29, 0.717) is 0 Å². The Morgan fingerprint density at radius 3 is 2.18 bits per heavy atom. The fourth-order valence-electron chi connectivity index (χ4n) is 4.14. The molecule has 4 aromatic carbocycles. The fraction of sp³-hybridized carbons (Fsp3) is 0. The van der Waals surface area contributed by atoms with Gasteiger partial charge < -0.3 is 8.98 Å². The Labute approximate surface area is 162 Å². The van der Waals surface area contributed by atoms with E-state index >= 15 is 0 Å². The van der Waals surface area contributed by atoms with Crippen LogP contribution in [0.5, 0.6) is 0 Å². The molecule has 0 spiro atoms. The standard InChI is InChI=1S/C26H17NO/c1-2-6-18(7-3-1)19-10-12-21(13-11-19)27-24-9-5-4-8-22(24)23-17-26-20(14-15-28-26)16-25(23)27/h1-17H. The van der Waals surface area contributed by atoms with Gasteiger partial charge >= 0.3 is 0 Å². The van der Waals surface area contributed by atoms with Gasteiger partial charge in [0.25, 0.3) is 0 Å². The van der Waals surface area contributed by atoms with Crippen LogP contribution in [-0.4, -0.2) is 4.57 Å². The monoisotopic (exact) mass is 359 g/mol. The molecular weight excluding hydrogens is 342 g/mol. The average molecular weight is 359 g/mol. The summed E-state index contributed by atoms with van der Waals surface area (Å²) in [5.74, 6) is 0. The summed E-state index contributed by atoms with van der Waals surface area (Å²) in [6.45, 7) is 0. The van der Waals surface area contributed by atoms with Gasteiger partial charge in [-0.25, -0.2) is 0 Å². The van der Waals surface area contributed by atoms with Gasteiger partial charge in [0.1, 0.15) is 5.58 Å². The third-order valence-electron chi connectivity index (χ3n) is 5.48. The van der Waals surface area contributed by atoms with Crippen LogP contribution < -0.4 is 0 Å². The van der Waals surface area contributed by atoms with E-state index in [2.05, 4.69) is 89.5 Å². The normalized spacial score (nSPS) is 11.6. The van der Waals surface area contributed by atoms with E-state index in [9.17, 15) is 0 Å². The van der Waals surface area contributed by atoms with E-state index in [0.717, 1.165) is 16.7 Å². The molecule has 0 unspecified atom stereocenters. The van der Waals surface area contributed by atoms with Crippen molar-refractivity contribution in [1.82, 2.24) is 4.57 Å². The molecule has 0 saturated carbocycles. The van der Waals surface area contributed by atoms with Crippen LogP contribution in [0.15, 0.2) is 108 Å². The summed E-state index contributed by atoms with van der Waals surface area (Å²) in [5, 5.41) is 3.57. The molecule has 0 bridgehead atoms. The van der Waals surface area contributed by atoms with Crippen molar-refractivity contribution in [2.75, 3.05) is 0 Å². The molecule has 6 aromatic rings.